The van der Waals surface area contributed by atoms with Gasteiger partial charge in [-0.15, -0.1) is 0 Å². The molecule has 0 heterocycles. The van der Waals surface area contributed by atoms with E-state index >= 15 is 0 Å². The molecule has 15 heavy (non-hydrogen) atoms. The Morgan fingerprint density at radius 2 is 2.00 bits per heavy atom. The number of rotatable bonds is 6. The highest BCUT2D eigenvalue weighted by atomic mass is 15.2. The molecule has 0 aromatic carbocycles. The van der Waals surface area contributed by atoms with Gasteiger partial charge in [0.25, 0.3) is 0 Å². The van der Waals surface area contributed by atoms with Gasteiger partial charge in [0.1, 0.15) is 6.04 Å². The lowest BCUT2D eigenvalue weighted by Gasteiger charge is -2.29. The molecular weight excluding hydrogens is 186 g/mol. The Labute approximate surface area is 93.5 Å². The second kappa shape index (κ2) is 5.48. The van der Waals surface area contributed by atoms with Crippen LogP contribution in [0.2, 0.25) is 0 Å². The van der Waals surface area contributed by atoms with E-state index in [4.69, 9.17) is 5.26 Å². The third kappa shape index (κ3) is 4.19. The molecule has 3 heteroatoms. The summed E-state index contributed by atoms with van der Waals surface area (Å²) in [6, 6.07) is 3.47. The normalized spacial score (nSPS) is 20.3. The van der Waals surface area contributed by atoms with E-state index in [-0.39, 0.29) is 6.04 Å². The molecule has 0 spiro atoms. The molecule has 0 bridgehead atoms. The van der Waals surface area contributed by atoms with Crippen LogP contribution in [-0.4, -0.2) is 36.6 Å². The Morgan fingerprint density at radius 3 is 2.40 bits per heavy atom. The fourth-order valence-corrected chi connectivity index (χ4v) is 1.63. The van der Waals surface area contributed by atoms with Crippen molar-refractivity contribution in [3.8, 4) is 6.07 Å². The standard InChI is InChI=1S/C12H23N3/c1-9(2)10(3)15(4)8-12(7-13)14-11-5-6-11/h9-12,14H,5-6,8H2,1-4H3. The van der Waals surface area contributed by atoms with E-state index in [1.165, 1.54) is 12.8 Å². The van der Waals surface area contributed by atoms with Crippen LogP contribution in [0.5, 0.6) is 0 Å². The molecule has 2 unspecified atom stereocenters. The molecule has 0 saturated heterocycles. The highest BCUT2D eigenvalue weighted by Crippen LogP contribution is 2.19. The molecule has 0 amide bonds. The van der Waals surface area contributed by atoms with Crippen LogP contribution in [0.3, 0.4) is 0 Å². The topological polar surface area (TPSA) is 39.1 Å². The Kier molecular flexibility index (Phi) is 4.56. The Bertz CT molecular complexity index is 228. The van der Waals surface area contributed by atoms with E-state index in [9.17, 15) is 0 Å². The second-order valence-electron chi connectivity index (χ2n) is 5.05. The maximum Gasteiger partial charge on any atom is 0.108 e. The van der Waals surface area contributed by atoms with Crippen molar-refractivity contribution in [2.75, 3.05) is 13.6 Å². The van der Waals surface area contributed by atoms with Gasteiger partial charge < -0.3 is 4.90 Å². The zero-order valence-corrected chi connectivity index (χ0v) is 10.3. The Morgan fingerprint density at radius 1 is 1.40 bits per heavy atom. The van der Waals surface area contributed by atoms with Crippen molar-refractivity contribution < 1.29 is 0 Å². The van der Waals surface area contributed by atoms with Crippen molar-refractivity contribution >= 4 is 0 Å². The average Bonchev–Trinajstić information content (AvgIpc) is 2.99. The van der Waals surface area contributed by atoms with Crippen LogP contribution in [0, 0.1) is 17.2 Å². The summed E-state index contributed by atoms with van der Waals surface area (Å²) in [4.78, 5) is 2.27. The van der Waals surface area contributed by atoms with E-state index < -0.39 is 0 Å². The molecule has 1 rings (SSSR count). The lowest BCUT2D eigenvalue weighted by atomic mass is 10.0. The summed E-state index contributed by atoms with van der Waals surface area (Å²) in [5, 5.41) is 12.4. The maximum absolute atomic E-state index is 9.03. The van der Waals surface area contributed by atoms with E-state index in [2.05, 4.69) is 44.1 Å². The smallest absolute Gasteiger partial charge is 0.108 e. The van der Waals surface area contributed by atoms with Crippen LogP contribution in [0.4, 0.5) is 0 Å². The number of nitriles is 1. The van der Waals surface area contributed by atoms with E-state index in [0.29, 0.717) is 18.0 Å². The third-order valence-electron chi connectivity index (χ3n) is 3.30. The molecule has 3 nitrogen and oxygen atoms in total. The van der Waals surface area contributed by atoms with Gasteiger partial charge in [-0.2, -0.15) is 5.26 Å². The Hall–Kier alpha value is -0.590. The van der Waals surface area contributed by atoms with E-state index in [1.807, 2.05) is 0 Å². The van der Waals surface area contributed by atoms with Crippen LogP contribution in [0.1, 0.15) is 33.6 Å². The van der Waals surface area contributed by atoms with Crippen LogP contribution >= 0.6 is 0 Å². The summed E-state index contributed by atoms with van der Waals surface area (Å²) in [6.07, 6.45) is 2.48. The van der Waals surface area contributed by atoms with Gasteiger partial charge in [0.15, 0.2) is 0 Å². The van der Waals surface area contributed by atoms with Gasteiger partial charge in [0, 0.05) is 18.6 Å². The summed E-state index contributed by atoms with van der Waals surface area (Å²) in [5.74, 6) is 0.635. The van der Waals surface area contributed by atoms with Crippen LogP contribution in [0.25, 0.3) is 0 Å². The van der Waals surface area contributed by atoms with Gasteiger partial charge in [-0.3, -0.25) is 5.32 Å². The minimum atomic E-state index is -0.0105. The zero-order valence-electron chi connectivity index (χ0n) is 10.3. The lowest BCUT2D eigenvalue weighted by molar-refractivity contribution is 0.198. The first kappa shape index (κ1) is 12.5. The van der Waals surface area contributed by atoms with Gasteiger partial charge in [-0.1, -0.05) is 13.8 Å². The van der Waals surface area contributed by atoms with Gasteiger partial charge in [0.2, 0.25) is 0 Å². The minimum Gasteiger partial charge on any atom is -0.301 e. The van der Waals surface area contributed by atoms with E-state index in [1.54, 1.807) is 0 Å². The second-order valence-corrected chi connectivity index (χ2v) is 5.05. The molecular formula is C12H23N3. The summed E-state index contributed by atoms with van der Waals surface area (Å²) >= 11 is 0. The molecule has 0 aliphatic heterocycles. The van der Waals surface area contributed by atoms with Crippen LogP contribution < -0.4 is 5.32 Å². The van der Waals surface area contributed by atoms with Gasteiger partial charge in [0.05, 0.1) is 6.07 Å². The van der Waals surface area contributed by atoms with Crippen molar-refractivity contribution in [2.45, 2.75) is 51.7 Å². The van der Waals surface area contributed by atoms with E-state index in [0.717, 1.165) is 6.54 Å². The van der Waals surface area contributed by atoms with Crippen molar-refractivity contribution in [3.63, 3.8) is 0 Å². The van der Waals surface area contributed by atoms with Crippen LogP contribution in [0.15, 0.2) is 0 Å². The number of hydrogen-bond donors (Lipinski definition) is 1. The average molecular weight is 209 g/mol. The number of likely N-dealkylation sites (N-methyl/N-ethyl adjacent to an activating group) is 1. The molecule has 86 valence electrons. The maximum atomic E-state index is 9.03. The monoisotopic (exact) mass is 209 g/mol. The molecule has 1 fully saturated rings. The third-order valence-corrected chi connectivity index (χ3v) is 3.30. The SMILES string of the molecule is CC(C)C(C)N(C)CC(C#N)NC1CC1. The van der Waals surface area contributed by atoms with Gasteiger partial charge in [-0.25, -0.2) is 0 Å². The Balaban J connectivity index is 2.33. The first-order valence-electron chi connectivity index (χ1n) is 5.90. The first-order chi connectivity index (χ1) is 7.04. The summed E-state index contributed by atoms with van der Waals surface area (Å²) in [7, 11) is 2.10. The predicted octanol–water partition coefficient (Wildman–Crippen LogP) is 1.61. The zero-order chi connectivity index (χ0) is 11.4. The van der Waals surface area contributed by atoms with Crippen molar-refractivity contribution in [2.24, 2.45) is 5.92 Å². The fourth-order valence-electron chi connectivity index (χ4n) is 1.63. The van der Waals surface area contributed by atoms with Crippen molar-refractivity contribution in [1.82, 2.24) is 10.2 Å². The molecule has 1 aliphatic rings. The summed E-state index contributed by atoms with van der Waals surface area (Å²) < 4.78 is 0. The highest BCUT2D eigenvalue weighted by Gasteiger charge is 2.26. The number of hydrogen-bond acceptors (Lipinski definition) is 3. The van der Waals surface area contributed by atoms with Gasteiger partial charge in [-0.05, 0) is 32.7 Å². The lowest BCUT2D eigenvalue weighted by Crippen LogP contribution is -2.44. The van der Waals surface area contributed by atoms with Gasteiger partial charge >= 0.3 is 0 Å². The minimum absolute atomic E-state index is 0.0105. The molecule has 1 saturated carbocycles. The first-order valence-corrected chi connectivity index (χ1v) is 5.90. The quantitative estimate of drug-likeness (QED) is 0.722. The molecule has 0 aromatic heterocycles. The highest BCUT2D eigenvalue weighted by molar-refractivity contribution is 4.97. The van der Waals surface area contributed by atoms with Crippen molar-refractivity contribution in [1.29, 1.82) is 5.26 Å². The molecule has 0 aromatic rings. The number of nitrogens with zero attached hydrogens (tertiary/aromatic N) is 2. The predicted molar refractivity (Wildman–Crippen MR) is 62.5 cm³/mol. The summed E-state index contributed by atoms with van der Waals surface area (Å²) in [5.41, 5.74) is 0. The van der Waals surface area contributed by atoms with Crippen molar-refractivity contribution in [3.05, 3.63) is 0 Å². The molecule has 1 N–H and O–H groups in total. The largest absolute Gasteiger partial charge is 0.301 e. The fraction of sp³-hybridized carbons (Fsp3) is 0.917. The molecule has 0 radical (unpaired) electrons. The molecule has 2 atom stereocenters. The van der Waals surface area contributed by atoms with Crippen LogP contribution in [-0.2, 0) is 0 Å². The number of nitrogens with one attached hydrogen (secondary N) is 1. The molecule has 1 aliphatic carbocycles. The summed E-state index contributed by atoms with van der Waals surface area (Å²) in [6.45, 7) is 7.48.